The molecule has 0 radical (unpaired) electrons. The highest BCUT2D eigenvalue weighted by Gasteiger charge is 2.21. The molecule has 1 aliphatic rings. The molecule has 3 aromatic rings. The maximum atomic E-state index is 6.28. The van der Waals surface area contributed by atoms with E-state index in [1.165, 1.54) is 12.8 Å². The van der Waals surface area contributed by atoms with Crippen LogP contribution in [0, 0.1) is 18.8 Å². The van der Waals surface area contributed by atoms with E-state index < -0.39 is 0 Å². The van der Waals surface area contributed by atoms with E-state index in [9.17, 15) is 0 Å². The third kappa shape index (κ3) is 5.01. The average molecular weight is 402 g/mol. The molecular formula is C25H26N2O3. The van der Waals surface area contributed by atoms with Gasteiger partial charge in [0.15, 0.2) is 11.5 Å². The summed E-state index contributed by atoms with van der Waals surface area (Å²) in [6.45, 7) is 1.79. The summed E-state index contributed by atoms with van der Waals surface area (Å²) >= 11 is 0. The van der Waals surface area contributed by atoms with Gasteiger partial charge in [0.1, 0.15) is 0 Å². The van der Waals surface area contributed by atoms with Gasteiger partial charge in [-0.3, -0.25) is 0 Å². The van der Waals surface area contributed by atoms with Crippen LogP contribution in [0.25, 0.3) is 0 Å². The molecule has 1 unspecified atom stereocenters. The minimum Gasteiger partial charge on any atom is -0.493 e. The number of benzene rings is 2. The van der Waals surface area contributed by atoms with Gasteiger partial charge in [-0.15, -0.1) is 10.2 Å². The van der Waals surface area contributed by atoms with Crippen LogP contribution in [0.4, 0.5) is 0 Å². The fourth-order valence-corrected chi connectivity index (χ4v) is 3.73. The molecule has 5 nitrogen and oxygen atoms in total. The smallest absolute Gasteiger partial charge is 0.218 e. The topological polar surface area (TPSA) is 57.4 Å². The zero-order chi connectivity index (χ0) is 20.8. The van der Waals surface area contributed by atoms with Crippen molar-refractivity contribution in [3.63, 3.8) is 0 Å². The first-order valence-electron chi connectivity index (χ1n) is 10.4. The highest BCUT2D eigenvalue weighted by atomic mass is 16.5. The van der Waals surface area contributed by atoms with Crippen LogP contribution in [-0.4, -0.2) is 23.4 Å². The van der Waals surface area contributed by atoms with Gasteiger partial charge in [0, 0.05) is 18.9 Å². The van der Waals surface area contributed by atoms with E-state index in [0.29, 0.717) is 18.2 Å². The number of rotatable bonds is 6. The van der Waals surface area contributed by atoms with Gasteiger partial charge in [-0.25, -0.2) is 0 Å². The maximum absolute atomic E-state index is 6.28. The second-order valence-corrected chi connectivity index (χ2v) is 7.54. The van der Waals surface area contributed by atoms with Gasteiger partial charge in [0.2, 0.25) is 11.8 Å². The highest BCUT2D eigenvalue weighted by molar-refractivity contribution is 5.47. The average Bonchev–Trinajstić information content (AvgIpc) is 3.43. The Balaban J connectivity index is 1.65. The summed E-state index contributed by atoms with van der Waals surface area (Å²) in [5.74, 6) is 9.22. The minimum atomic E-state index is -0.109. The molecule has 0 saturated heterocycles. The molecule has 0 N–H and O–H groups in total. The van der Waals surface area contributed by atoms with Crippen LogP contribution in [0.5, 0.6) is 11.5 Å². The number of methoxy groups -OCH3 is 1. The molecule has 5 heteroatoms. The van der Waals surface area contributed by atoms with Gasteiger partial charge >= 0.3 is 0 Å². The second kappa shape index (κ2) is 9.49. The Morgan fingerprint density at radius 2 is 1.87 bits per heavy atom. The largest absolute Gasteiger partial charge is 0.493 e. The molecule has 4 rings (SSSR count). The number of hydrogen-bond acceptors (Lipinski definition) is 5. The monoisotopic (exact) mass is 402 g/mol. The van der Waals surface area contributed by atoms with Crippen molar-refractivity contribution in [3.05, 3.63) is 71.4 Å². The first-order chi connectivity index (χ1) is 14.7. The van der Waals surface area contributed by atoms with Gasteiger partial charge < -0.3 is 13.9 Å². The molecule has 0 bridgehead atoms. The first kappa shape index (κ1) is 20.0. The minimum absolute atomic E-state index is 0.109. The molecular weight excluding hydrogens is 376 g/mol. The molecule has 0 aliphatic heterocycles. The lowest BCUT2D eigenvalue weighted by Crippen LogP contribution is -2.12. The van der Waals surface area contributed by atoms with Crippen molar-refractivity contribution in [1.29, 1.82) is 0 Å². The van der Waals surface area contributed by atoms with Crippen LogP contribution < -0.4 is 9.47 Å². The molecule has 1 atom stereocenters. The van der Waals surface area contributed by atoms with Crippen molar-refractivity contribution in [3.8, 4) is 23.3 Å². The molecule has 1 aliphatic carbocycles. The van der Waals surface area contributed by atoms with E-state index in [4.69, 9.17) is 13.9 Å². The Kier molecular flexibility index (Phi) is 6.34. The van der Waals surface area contributed by atoms with Crippen LogP contribution in [0.3, 0.4) is 0 Å². The lowest BCUT2D eigenvalue weighted by atomic mass is 9.95. The number of nitrogens with zero attached hydrogens (tertiary/aromatic N) is 2. The highest BCUT2D eigenvalue weighted by Crippen LogP contribution is 2.35. The van der Waals surface area contributed by atoms with Gasteiger partial charge in [-0.05, 0) is 55.5 Å². The molecule has 1 heterocycles. The second-order valence-electron chi connectivity index (χ2n) is 7.54. The summed E-state index contributed by atoms with van der Waals surface area (Å²) in [7, 11) is 1.67. The van der Waals surface area contributed by atoms with Crippen LogP contribution >= 0.6 is 0 Å². The molecule has 1 fully saturated rings. The quantitative estimate of drug-likeness (QED) is 0.538. The molecule has 30 heavy (non-hydrogen) atoms. The van der Waals surface area contributed by atoms with Crippen molar-refractivity contribution < 1.29 is 13.9 Å². The molecule has 0 spiro atoms. The Hall–Kier alpha value is -3.26. The lowest BCUT2D eigenvalue weighted by molar-refractivity contribution is 0.200. The van der Waals surface area contributed by atoms with Crippen molar-refractivity contribution >= 4 is 0 Å². The molecule has 0 amide bonds. The van der Waals surface area contributed by atoms with E-state index >= 15 is 0 Å². The fraction of sp³-hybridized carbons (Fsp3) is 0.360. The van der Waals surface area contributed by atoms with E-state index in [0.717, 1.165) is 35.5 Å². The van der Waals surface area contributed by atoms with Crippen molar-refractivity contribution in [2.24, 2.45) is 0 Å². The standard InChI is InChI=1S/C25H26N2O3/c1-18-26-27-25(29-18)17-21(13-12-19-8-4-3-5-9-19)20-14-15-23(28-2)24(16-20)30-22-10-6-7-11-22/h3-5,8-9,14-16,21-22H,6-7,10-11,17H2,1-2H3. The lowest BCUT2D eigenvalue weighted by Gasteiger charge is -2.18. The molecule has 154 valence electrons. The number of ether oxygens (including phenoxy) is 2. The van der Waals surface area contributed by atoms with E-state index in [1.54, 1.807) is 14.0 Å². The van der Waals surface area contributed by atoms with E-state index in [2.05, 4.69) is 22.0 Å². The van der Waals surface area contributed by atoms with E-state index in [1.807, 2.05) is 48.5 Å². The van der Waals surface area contributed by atoms with Crippen LogP contribution in [-0.2, 0) is 6.42 Å². The Morgan fingerprint density at radius 1 is 1.07 bits per heavy atom. The summed E-state index contributed by atoms with van der Waals surface area (Å²) in [6.07, 6.45) is 5.40. The predicted molar refractivity (Wildman–Crippen MR) is 115 cm³/mol. The van der Waals surface area contributed by atoms with E-state index in [-0.39, 0.29) is 12.0 Å². The Labute approximate surface area is 177 Å². The van der Waals surface area contributed by atoms with Crippen LogP contribution in [0.15, 0.2) is 52.9 Å². The zero-order valence-corrected chi connectivity index (χ0v) is 17.4. The van der Waals surface area contributed by atoms with Crippen molar-refractivity contribution in [1.82, 2.24) is 10.2 Å². The third-order valence-electron chi connectivity index (χ3n) is 5.30. The normalized spacial score (nSPS) is 14.7. The molecule has 1 aromatic heterocycles. The number of hydrogen-bond donors (Lipinski definition) is 0. The van der Waals surface area contributed by atoms with Gasteiger partial charge in [-0.1, -0.05) is 36.1 Å². The predicted octanol–water partition coefficient (Wildman–Crippen LogP) is 5.09. The summed E-state index contributed by atoms with van der Waals surface area (Å²) in [6, 6.07) is 16.0. The summed E-state index contributed by atoms with van der Waals surface area (Å²) in [4.78, 5) is 0. The van der Waals surface area contributed by atoms with Gasteiger partial charge in [0.05, 0.1) is 19.1 Å². The molecule has 2 aromatic carbocycles. The number of aromatic nitrogens is 2. The third-order valence-corrected chi connectivity index (χ3v) is 5.30. The van der Waals surface area contributed by atoms with Crippen molar-refractivity contribution in [2.75, 3.05) is 7.11 Å². The summed E-state index contributed by atoms with van der Waals surface area (Å²) in [5.41, 5.74) is 2.02. The van der Waals surface area contributed by atoms with Crippen molar-refractivity contribution in [2.45, 2.75) is 51.0 Å². The SMILES string of the molecule is COc1ccc(C(C#Cc2ccccc2)Cc2nnc(C)o2)cc1OC1CCCC1. The Bertz CT molecular complexity index is 1030. The Morgan fingerprint density at radius 3 is 2.57 bits per heavy atom. The number of aryl methyl sites for hydroxylation is 1. The summed E-state index contributed by atoms with van der Waals surface area (Å²) < 4.78 is 17.4. The van der Waals surface area contributed by atoms with Crippen LogP contribution in [0.1, 0.15) is 54.5 Å². The first-order valence-corrected chi connectivity index (χ1v) is 10.4. The molecule has 1 saturated carbocycles. The van der Waals surface area contributed by atoms with Crippen LogP contribution in [0.2, 0.25) is 0 Å². The summed E-state index contributed by atoms with van der Waals surface area (Å²) in [5, 5.41) is 8.12. The maximum Gasteiger partial charge on any atom is 0.218 e. The zero-order valence-electron chi connectivity index (χ0n) is 17.4. The fourth-order valence-electron chi connectivity index (χ4n) is 3.73. The van der Waals surface area contributed by atoms with Gasteiger partial charge in [0.25, 0.3) is 0 Å². The van der Waals surface area contributed by atoms with Gasteiger partial charge in [-0.2, -0.15) is 0 Å².